The van der Waals surface area contributed by atoms with Crippen molar-refractivity contribution in [2.75, 3.05) is 18.0 Å². The maximum absolute atomic E-state index is 8.44. The summed E-state index contributed by atoms with van der Waals surface area (Å²) in [5.74, 6) is 0. The first-order valence-electron chi connectivity index (χ1n) is 5.31. The summed E-state index contributed by atoms with van der Waals surface area (Å²) in [4.78, 5) is 3.61. The molecule has 2 heterocycles. The second kappa shape index (κ2) is 4.99. The number of thiophene rings is 1. The smallest absolute Gasteiger partial charge is 0.0914 e. The number of anilines is 1. The van der Waals surface area contributed by atoms with E-state index in [4.69, 9.17) is 5.26 Å². The Labute approximate surface area is 94.4 Å². The van der Waals surface area contributed by atoms with E-state index in [-0.39, 0.29) is 0 Å². The highest BCUT2D eigenvalue weighted by molar-refractivity contribution is 7.16. The van der Waals surface area contributed by atoms with Gasteiger partial charge in [-0.3, -0.25) is 0 Å². The number of piperidine rings is 1. The van der Waals surface area contributed by atoms with Crippen LogP contribution >= 0.6 is 11.3 Å². The first kappa shape index (κ1) is 10.3. The number of hydrogen-bond acceptors (Lipinski definition) is 3. The molecule has 0 unspecified atom stereocenters. The van der Waals surface area contributed by atoms with E-state index in [1.165, 1.54) is 43.4 Å². The van der Waals surface area contributed by atoms with Crippen LogP contribution in [0.1, 0.15) is 24.1 Å². The Bertz CT molecular complexity index is 381. The van der Waals surface area contributed by atoms with Gasteiger partial charge in [0.05, 0.1) is 11.1 Å². The molecule has 0 saturated carbocycles. The van der Waals surface area contributed by atoms with Crippen LogP contribution in [0.3, 0.4) is 0 Å². The van der Waals surface area contributed by atoms with Crippen LogP contribution in [0.4, 0.5) is 5.00 Å². The molecule has 0 aliphatic carbocycles. The van der Waals surface area contributed by atoms with E-state index >= 15 is 0 Å². The van der Waals surface area contributed by atoms with Crippen molar-refractivity contribution in [3.63, 3.8) is 0 Å². The summed E-state index contributed by atoms with van der Waals surface area (Å²) in [6.07, 6.45) is 7.38. The minimum atomic E-state index is 1.16. The van der Waals surface area contributed by atoms with Gasteiger partial charge in [-0.2, -0.15) is 5.26 Å². The summed E-state index contributed by atoms with van der Waals surface area (Å²) in [7, 11) is 0. The van der Waals surface area contributed by atoms with Crippen molar-refractivity contribution >= 4 is 22.4 Å². The van der Waals surface area contributed by atoms with Gasteiger partial charge >= 0.3 is 0 Å². The lowest BCUT2D eigenvalue weighted by molar-refractivity contribution is 0.580. The molecule has 2 nitrogen and oxygen atoms in total. The third-order valence-corrected chi connectivity index (χ3v) is 3.71. The number of hydrogen-bond donors (Lipinski definition) is 0. The van der Waals surface area contributed by atoms with Crippen LogP contribution in [-0.4, -0.2) is 13.1 Å². The third-order valence-electron chi connectivity index (χ3n) is 2.60. The maximum atomic E-state index is 8.44. The van der Waals surface area contributed by atoms with Gasteiger partial charge in [0.1, 0.15) is 0 Å². The SMILES string of the molecule is N#CC=Cc1ccc(N2CCCCC2)s1. The summed E-state index contributed by atoms with van der Waals surface area (Å²) in [5.41, 5.74) is 0. The van der Waals surface area contributed by atoms with Crippen molar-refractivity contribution in [2.24, 2.45) is 0 Å². The standard InChI is InChI=1S/C12H14N2S/c13-8-4-5-11-6-7-12(15-11)14-9-2-1-3-10-14/h4-7H,1-3,9-10H2. The van der Waals surface area contributed by atoms with Gasteiger partial charge < -0.3 is 4.90 Å². The fourth-order valence-corrected chi connectivity index (χ4v) is 2.80. The number of nitriles is 1. The van der Waals surface area contributed by atoms with Crippen LogP contribution in [0.25, 0.3) is 6.08 Å². The Kier molecular flexibility index (Phi) is 3.41. The molecule has 1 saturated heterocycles. The molecule has 0 radical (unpaired) electrons. The topological polar surface area (TPSA) is 27.0 Å². The molecule has 1 aromatic rings. The monoisotopic (exact) mass is 218 g/mol. The Hall–Kier alpha value is -1.27. The van der Waals surface area contributed by atoms with Gasteiger partial charge in [-0.1, -0.05) is 0 Å². The lowest BCUT2D eigenvalue weighted by Crippen LogP contribution is -2.28. The molecule has 0 amide bonds. The third kappa shape index (κ3) is 2.60. The van der Waals surface area contributed by atoms with E-state index in [0.717, 1.165) is 4.88 Å². The molecule has 78 valence electrons. The van der Waals surface area contributed by atoms with Crippen molar-refractivity contribution in [1.29, 1.82) is 5.26 Å². The number of rotatable bonds is 2. The molecular weight excluding hydrogens is 204 g/mol. The molecule has 1 aromatic heterocycles. The molecule has 1 aliphatic rings. The molecule has 0 aromatic carbocycles. The molecule has 1 aliphatic heterocycles. The van der Waals surface area contributed by atoms with Crippen molar-refractivity contribution in [3.8, 4) is 6.07 Å². The fourth-order valence-electron chi connectivity index (χ4n) is 1.84. The quantitative estimate of drug-likeness (QED) is 0.712. The molecule has 1 fully saturated rings. The average Bonchev–Trinajstić information content (AvgIpc) is 2.76. The van der Waals surface area contributed by atoms with E-state index < -0.39 is 0 Å². The molecule has 0 atom stereocenters. The van der Waals surface area contributed by atoms with Crippen molar-refractivity contribution in [3.05, 3.63) is 23.1 Å². The normalized spacial score (nSPS) is 16.9. The second-order valence-corrected chi connectivity index (χ2v) is 4.78. The zero-order chi connectivity index (χ0) is 10.5. The summed E-state index contributed by atoms with van der Waals surface area (Å²) in [5, 5.41) is 9.78. The Morgan fingerprint density at radius 3 is 2.80 bits per heavy atom. The molecule has 0 bridgehead atoms. The van der Waals surface area contributed by atoms with Gasteiger partial charge in [-0.25, -0.2) is 0 Å². The van der Waals surface area contributed by atoms with Gasteiger partial charge in [0, 0.05) is 24.0 Å². The summed E-state index contributed by atoms with van der Waals surface area (Å²) in [6, 6.07) is 6.26. The summed E-state index contributed by atoms with van der Waals surface area (Å²) < 4.78 is 0. The van der Waals surface area contributed by atoms with E-state index in [0.29, 0.717) is 0 Å². The molecule has 3 heteroatoms. The minimum Gasteiger partial charge on any atom is -0.363 e. The molecule has 0 N–H and O–H groups in total. The van der Waals surface area contributed by atoms with Gasteiger partial charge in [-0.15, -0.1) is 11.3 Å². The van der Waals surface area contributed by atoms with Crippen LogP contribution in [0.15, 0.2) is 18.2 Å². The largest absolute Gasteiger partial charge is 0.363 e. The predicted molar refractivity (Wildman–Crippen MR) is 65.0 cm³/mol. The van der Waals surface area contributed by atoms with E-state index in [9.17, 15) is 0 Å². The zero-order valence-corrected chi connectivity index (χ0v) is 9.46. The minimum absolute atomic E-state index is 1.16. The first-order valence-corrected chi connectivity index (χ1v) is 6.13. The highest BCUT2D eigenvalue weighted by Crippen LogP contribution is 2.29. The highest BCUT2D eigenvalue weighted by Gasteiger charge is 2.11. The maximum Gasteiger partial charge on any atom is 0.0914 e. The predicted octanol–water partition coefficient (Wildman–Crippen LogP) is 3.28. The van der Waals surface area contributed by atoms with Gasteiger partial charge in [0.15, 0.2) is 0 Å². The summed E-state index contributed by atoms with van der Waals surface area (Å²) >= 11 is 1.77. The van der Waals surface area contributed by atoms with Crippen LogP contribution in [0.5, 0.6) is 0 Å². The Balaban J connectivity index is 2.06. The Morgan fingerprint density at radius 2 is 2.07 bits per heavy atom. The van der Waals surface area contributed by atoms with Crippen LogP contribution in [-0.2, 0) is 0 Å². The molecule has 0 spiro atoms. The summed E-state index contributed by atoms with van der Waals surface area (Å²) in [6.45, 7) is 2.36. The number of allylic oxidation sites excluding steroid dienone is 1. The Morgan fingerprint density at radius 1 is 1.27 bits per heavy atom. The van der Waals surface area contributed by atoms with Crippen molar-refractivity contribution in [1.82, 2.24) is 0 Å². The van der Waals surface area contributed by atoms with E-state index in [1.807, 2.05) is 12.1 Å². The fraction of sp³-hybridized carbons (Fsp3) is 0.417. The van der Waals surface area contributed by atoms with Crippen LogP contribution < -0.4 is 4.90 Å². The highest BCUT2D eigenvalue weighted by atomic mass is 32.1. The van der Waals surface area contributed by atoms with Gasteiger partial charge in [0.25, 0.3) is 0 Å². The van der Waals surface area contributed by atoms with Gasteiger partial charge in [0.2, 0.25) is 0 Å². The molecule has 15 heavy (non-hydrogen) atoms. The second-order valence-electron chi connectivity index (χ2n) is 3.69. The zero-order valence-electron chi connectivity index (χ0n) is 8.65. The van der Waals surface area contributed by atoms with Crippen LogP contribution in [0, 0.1) is 11.3 Å². The average molecular weight is 218 g/mol. The van der Waals surface area contributed by atoms with Crippen LogP contribution in [0.2, 0.25) is 0 Å². The molecule has 2 rings (SSSR count). The number of nitrogens with zero attached hydrogens (tertiary/aromatic N) is 2. The van der Waals surface area contributed by atoms with E-state index in [1.54, 1.807) is 11.3 Å². The first-order chi connectivity index (χ1) is 7.40. The molecular formula is C12H14N2S. The van der Waals surface area contributed by atoms with Gasteiger partial charge in [-0.05, 0) is 37.5 Å². The van der Waals surface area contributed by atoms with E-state index in [2.05, 4.69) is 17.0 Å². The lowest BCUT2D eigenvalue weighted by atomic mass is 10.1. The van der Waals surface area contributed by atoms with Crippen molar-refractivity contribution in [2.45, 2.75) is 19.3 Å². The van der Waals surface area contributed by atoms with Crippen molar-refractivity contribution < 1.29 is 0 Å². The lowest BCUT2D eigenvalue weighted by Gasteiger charge is -2.27.